The van der Waals surface area contributed by atoms with Gasteiger partial charge in [0.15, 0.2) is 0 Å². The zero-order valence-electron chi connectivity index (χ0n) is 12.9. The maximum atomic E-state index is 12.2. The summed E-state index contributed by atoms with van der Waals surface area (Å²) in [5, 5.41) is 13.4. The summed E-state index contributed by atoms with van der Waals surface area (Å²) in [5.41, 5.74) is 7.18. The highest BCUT2D eigenvalue weighted by Crippen LogP contribution is 2.32. The van der Waals surface area contributed by atoms with Crippen LogP contribution in [0.5, 0.6) is 0 Å². The van der Waals surface area contributed by atoms with E-state index in [1.807, 2.05) is 18.9 Å². The summed E-state index contributed by atoms with van der Waals surface area (Å²) in [6.07, 6.45) is 3.75. The Hall–Kier alpha value is -1.75. The van der Waals surface area contributed by atoms with Crippen LogP contribution in [-0.2, 0) is 0 Å². The number of hydrogen-bond acceptors (Lipinski definition) is 4. The van der Waals surface area contributed by atoms with Gasteiger partial charge in [-0.2, -0.15) is 0 Å². The van der Waals surface area contributed by atoms with E-state index in [0.717, 1.165) is 31.4 Å². The quantitative estimate of drug-likeness (QED) is 0.722. The molecular formula is C16H25N3O2. The van der Waals surface area contributed by atoms with Gasteiger partial charge in [0.1, 0.15) is 0 Å². The number of carbonyl (C=O) groups is 1. The van der Waals surface area contributed by atoms with Crippen molar-refractivity contribution in [2.75, 3.05) is 30.8 Å². The number of benzene rings is 1. The Morgan fingerprint density at radius 2 is 2.10 bits per heavy atom. The molecule has 1 fully saturated rings. The minimum atomic E-state index is -0.655. The van der Waals surface area contributed by atoms with Crippen LogP contribution in [-0.4, -0.2) is 36.8 Å². The minimum Gasteiger partial charge on any atom is -0.399 e. The Morgan fingerprint density at radius 3 is 2.71 bits per heavy atom. The van der Waals surface area contributed by atoms with E-state index in [2.05, 4.69) is 5.32 Å². The van der Waals surface area contributed by atoms with Crippen molar-refractivity contribution in [2.45, 2.75) is 38.2 Å². The summed E-state index contributed by atoms with van der Waals surface area (Å²) in [6, 6.07) is 5.26. The fourth-order valence-electron chi connectivity index (χ4n) is 3.03. The number of amides is 1. The van der Waals surface area contributed by atoms with Gasteiger partial charge < -0.3 is 21.1 Å². The molecule has 0 heterocycles. The fourth-order valence-corrected chi connectivity index (χ4v) is 3.03. The fraction of sp³-hybridized carbons (Fsp3) is 0.562. The maximum Gasteiger partial charge on any atom is 0.253 e. The topological polar surface area (TPSA) is 78.6 Å². The molecule has 0 saturated heterocycles. The minimum absolute atomic E-state index is 0.113. The van der Waals surface area contributed by atoms with E-state index in [1.54, 1.807) is 18.2 Å². The van der Waals surface area contributed by atoms with E-state index in [4.69, 9.17) is 5.73 Å². The molecule has 5 heteroatoms. The molecule has 5 nitrogen and oxygen atoms in total. The van der Waals surface area contributed by atoms with Crippen LogP contribution in [0.4, 0.5) is 11.4 Å². The Kier molecular flexibility index (Phi) is 4.73. The highest BCUT2D eigenvalue weighted by molar-refractivity contribution is 6.00. The lowest BCUT2D eigenvalue weighted by Crippen LogP contribution is -2.40. The van der Waals surface area contributed by atoms with Crippen LogP contribution in [0.15, 0.2) is 18.2 Å². The Morgan fingerprint density at radius 1 is 1.43 bits per heavy atom. The number of aliphatic hydroxyl groups is 1. The SMILES string of the molecule is CCNC(=O)c1ccc(N)cc1N(C)CC1(O)CCCC1. The number of likely N-dealkylation sites (N-methyl/N-ethyl adjacent to an activating group) is 1. The molecule has 1 aromatic rings. The normalized spacial score (nSPS) is 16.7. The number of nitrogens with two attached hydrogens (primary N) is 1. The van der Waals surface area contributed by atoms with Crippen LogP contribution in [0.25, 0.3) is 0 Å². The van der Waals surface area contributed by atoms with Crippen molar-refractivity contribution in [1.82, 2.24) is 5.32 Å². The summed E-state index contributed by atoms with van der Waals surface area (Å²) in [4.78, 5) is 14.1. The summed E-state index contributed by atoms with van der Waals surface area (Å²) >= 11 is 0. The predicted octanol–water partition coefficient (Wildman–Crippen LogP) is 1.76. The first-order valence-corrected chi connectivity index (χ1v) is 7.56. The standard InChI is InChI=1S/C16H25N3O2/c1-3-18-15(20)13-7-6-12(17)10-14(13)19(2)11-16(21)8-4-5-9-16/h6-7,10,21H,3-5,8-9,11,17H2,1-2H3,(H,18,20). The van der Waals surface area contributed by atoms with Gasteiger partial charge in [-0.05, 0) is 38.0 Å². The number of nitrogens with one attached hydrogen (secondary N) is 1. The van der Waals surface area contributed by atoms with Gasteiger partial charge in [0.25, 0.3) is 5.91 Å². The van der Waals surface area contributed by atoms with Gasteiger partial charge >= 0.3 is 0 Å². The van der Waals surface area contributed by atoms with Crippen LogP contribution < -0.4 is 16.0 Å². The van der Waals surface area contributed by atoms with E-state index in [9.17, 15) is 9.90 Å². The van der Waals surface area contributed by atoms with Crippen molar-refractivity contribution in [1.29, 1.82) is 0 Å². The first-order chi connectivity index (χ1) is 9.95. The van der Waals surface area contributed by atoms with Gasteiger partial charge in [-0.1, -0.05) is 12.8 Å². The lowest BCUT2D eigenvalue weighted by molar-refractivity contribution is 0.0558. The highest BCUT2D eigenvalue weighted by Gasteiger charge is 2.33. The third kappa shape index (κ3) is 3.67. The molecule has 0 bridgehead atoms. The third-order valence-corrected chi connectivity index (χ3v) is 4.08. The van der Waals surface area contributed by atoms with Crippen molar-refractivity contribution in [2.24, 2.45) is 0 Å². The van der Waals surface area contributed by atoms with Gasteiger partial charge in [0, 0.05) is 25.8 Å². The van der Waals surface area contributed by atoms with Crippen LogP contribution >= 0.6 is 0 Å². The monoisotopic (exact) mass is 291 g/mol. The Labute approximate surface area is 126 Å². The highest BCUT2D eigenvalue weighted by atomic mass is 16.3. The van der Waals surface area contributed by atoms with E-state index in [0.29, 0.717) is 24.3 Å². The molecule has 1 aromatic carbocycles. The lowest BCUT2D eigenvalue weighted by Gasteiger charge is -2.31. The molecule has 2 rings (SSSR count). The molecule has 0 atom stereocenters. The molecule has 116 valence electrons. The molecule has 0 unspecified atom stereocenters. The molecule has 1 aliphatic carbocycles. The lowest BCUT2D eigenvalue weighted by atomic mass is 10.0. The van der Waals surface area contributed by atoms with E-state index in [-0.39, 0.29) is 5.91 Å². The third-order valence-electron chi connectivity index (χ3n) is 4.08. The van der Waals surface area contributed by atoms with Crippen LogP contribution in [0.1, 0.15) is 43.0 Å². The number of rotatable bonds is 5. The summed E-state index contributed by atoms with van der Waals surface area (Å²) in [7, 11) is 1.90. The van der Waals surface area contributed by atoms with Gasteiger partial charge in [0.05, 0.1) is 16.9 Å². The van der Waals surface area contributed by atoms with Crippen LogP contribution in [0.3, 0.4) is 0 Å². The van der Waals surface area contributed by atoms with E-state index in [1.165, 1.54) is 0 Å². The van der Waals surface area contributed by atoms with E-state index >= 15 is 0 Å². The Bertz CT molecular complexity index is 510. The smallest absolute Gasteiger partial charge is 0.253 e. The molecular weight excluding hydrogens is 266 g/mol. The van der Waals surface area contributed by atoms with Gasteiger partial charge in [-0.15, -0.1) is 0 Å². The molecule has 0 spiro atoms. The van der Waals surface area contributed by atoms with Crippen molar-refractivity contribution in [3.63, 3.8) is 0 Å². The molecule has 0 aromatic heterocycles. The van der Waals surface area contributed by atoms with Gasteiger partial charge in [0.2, 0.25) is 0 Å². The van der Waals surface area contributed by atoms with Gasteiger partial charge in [-0.3, -0.25) is 4.79 Å². The number of nitrogens with zero attached hydrogens (tertiary/aromatic N) is 1. The van der Waals surface area contributed by atoms with Crippen molar-refractivity contribution in [3.8, 4) is 0 Å². The number of nitrogen functional groups attached to an aromatic ring is 1. The molecule has 4 N–H and O–H groups in total. The molecule has 0 aliphatic heterocycles. The van der Waals surface area contributed by atoms with Crippen LogP contribution in [0.2, 0.25) is 0 Å². The van der Waals surface area contributed by atoms with Gasteiger partial charge in [-0.25, -0.2) is 0 Å². The maximum absolute atomic E-state index is 12.2. The zero-order chi connectivity index (χ0) is 15.5. The van der Waals surface area contributed by atoms with Crippen LogP contribution in [0, 0.1) is 0 Å². The van der Waals surface area contributed by atoms with Crippen molar-refractivity contribution in [3.05, 3.63) is 23.8 Å². The first-order valence-electron chi connectivity index (χ1n) is 7.56. The Balaban J connectivity index is 2.24. The molecule has 0 radical (unpaired) electrons. The number of hydrogen-bond donors (Lipinski definition) is 3. The summed E-state index contributed by atoms with van der Waals surface area (Å²) in [6.45, 7) is 2.99. The first kappa shape index (κ1) is 15.6. The predicted molar refractivity (Wildman–Crippen MR) is 85.5 cm³/mol. The molecule has 1 aliphatic rings. The molecule has 1 saturated carbocycles. The largest absolute Gasteiger partial charge is 0.399 e. The zero-order valence-corrected chi connectivity index (χ0v) is 12.9. The summed E-state index contributed by atoms with van der Waals surface area (Å²) in [5.74, 6) is -0.113. The van der Waals surface area contributed by atoms with Crippen molar-refractivity contribution >= 4 is 17.3 Å². The number of anilines is 2. The second-order valence-electron chi connectivity index (χ2n) is 5.92. The number of carbonyl (C=O) groups excluding carboxylic acids is 1. The molecule has 21 heavy (non-hydrogen) atoms. The van der Waals surface area contributed by atoms with E-state index < -0.39 is 5.60 Å². The average molecular weight is 291 g/mol. The average Bonchev–Trinajstić information content (AvgIpc) is 2.85. The van der Waals surface area contributed by atoms with Crippen molar-refractivity contribution < 1.29 is 9.90 Å². The molecule has 1 amide bonds. The second-order valence-corrected chi connectivity index (χ2v) is 5.92. The summed E-state index contributed by atoms with van der Waals surface area (Å²) < 4.78 is 0. The second kappa shape index (κ2) is 6.35.